The summed E-state index contributed by atoms with van der Waals surface area (Å²) in [7, 11) is 0. The number of aromatic amines is 1. The molecular formula is C25H23N3O3. The zero-order chi connectivity index (χ0) is 21.4. The van der Waals surface area contributed by atoms with Crippen LogP contribution in [0.2, 0.25) is 0 Å². The normalized spacial score (nSPS) is 17.5. The molecule has 6 heteroatoms. The lowest BCUT2D eigenvalue weighted by Gasteiger charge is -2.31. The molecule has 5 rings (SSSR count). The van der Waals surface area contributed by atoms with Crippen molar-refractivity contribution in [2.45, 2.75) is 25.2 Å². The lowest BCUT2D eigenvalue weighted by atomic mass is 9.77. The molecule has 0 unspecified atom stereocenters. The summed E-state index contributed by atoms with van der Waals surface area (Å²) >= 11 is 0. The lowest BCUT2D eigenvalue weighted by molar-refractivity contribution is -0.116. The number of anilines is 1. The van der Waals surface area contributed by atoms with E-state index in [4.69, 9.17) is 4.74 Å². The maximum atomic E-state index is 13.5. The van der Waals surface area contributed by atoms with Crippen LogP contribution in [0.4, 0.5) is 5.82 Å². The van der Waals surface area contributed by atoms with Crippen LogP contribution in [0, 0.1) is 0 Å². The predicted molar refractivity (Wildman–Crippen MR) is 120 cm³/mol. The van der Waals surface area contributed by atoms with Crippen molar-refractivity contribution in [2.24, 2.45) is 0 Å². The Bertz CT molecular complexity index is 1230. The van der Waals surface area contributed by atoms with Crippen LogP contribution < -0.4 is 15.6 Å². The molecule has 156 valence electrons. The fraction of sp³-hybridized carbons (Fsp3) is 0.200. The minimum atomic E-state index is -0.416. The highest BCUT2D eigenvalue weighted by Crippen LogP contribution is 2.43. The summed E-state index contributed by atoms with van der Waals surface area (Å²) in [5, 5.41) is 6.56. The molecule has 1 aliphatic carbocycles. The number of carbonyl (C=O) groups excluding carboxylic acids is 1. The van der Waals surface area contributed by atoms with E-state index >= 15 is 0 Å². The zero-order valence-corrected chi connectivity index (χ0v) is 17.1. The minimum absolute atomic E-state index is 0.100. The van der Waals surface area contributed by atoms with Crippen LogP contribution in [0.15, 0.2) is 83.3 Å². The third kappa shape index (κ3) is 3.30. The Morgan fingerprint density at radius 1 is 1.06 bits per heavy atom. The second-order valence-electron chi connectivity index (χ2n) is 7.77. The molecule has 31 heavy (non-hydrogen) atoms. The maximum absolute atomic E-state index is 13.5. The van der Waals surface area contributed by atoms with Gasteiger partial charge in [-0.05, 0) is 42.7 Å². The second-order valence-corrected chi connectivity index (χ2v) is 7.77. The third-order valence-corrected chi connectivity index (χ3v) is 5.83. The molecule has 0 saturated carbocycles. The lowest BCUT2D eigenvalue weighted by Crippen LogP contribution is -2.29. The van der Waals surface area contributed by atoms with Gasteiger partial charge in [-0.3, -0.25) is 14.7 Å². The zero-order valence-electron chi connectivity index (χ0n) is 17.1. The van der Waals surface area contributed by atoms with E-state index in [0.717, 1.165) is 35.5 Å². The van der Waals surface area contributed by atoms with E-state index in [1.54, 1.807) is 6.08 Å². The summed E-state index contributed by atoms with van der Waals surface area (Å²) in [5.74, 6) is 1.06. The van der Waals surface area contributed by atoms with Gasteiger partial charge < -0.3 is 10.1 Å². The van der Waals surface area contributed by atoms with Crippen LogP contribution in [-0.2, 0) is 4.79 Å². The summed E-state index contributed by atoms with van der Waals surface area (Å²) in [4.78, 5) is 26.5. The van der Waals surface area contributed by atoms with Gasteiger partial charge in [0.2, 0.25) is 0 Å². The van der Waals surface area contributed by atoms with Crippen molar-refractivity contribution in [3.05, 3.63) is 100 Å². The van der Waals surface area contributed by atoms with Crippen molar-refractivity contribution in [3.63, 3.8) is 0 Å². The third-order valence-electron chi connectivity index (χ3n) is 5.83. The number of Topliss-reactive ketones (excluding diaryl/α,β-unsaturated/α-hetero) is 1. The summed E-state index contributed by atoms with van der Waals surface area (Å²) < 4.78 is 7.14. The topological polar surface area (TPSA) is 76.1 Å². The number of para-hydroxylation sites is 1. The number of H-pyrrole nitrogens is 1. The highest BCUT2D eigenvalue weighted by Gasteiger charge is 2.38. The Kier molecular flexibility index (Phi) is 4.82. The molecule has 0 radical (unpaired) electrons. The average molecular weight is 413 g/mol. The van der Waals surface area contributed by atoms with Crippen molar-refractivity contribution >= 4 is 11.6 Å². The Hall–Kier alpha value is -3.80. The van der Waals surface area contributed by atoms with E-state index in [0.29, 0.717) is 30.0 Å². The molecule has 2 N–H and O–H groups in total. The molecule has 2 aliphatic rings. The van der Waals surface area contributed by atoms with Gasteiger partial charge in [-0.15, -0.1) is 0 Å². The monoisotopic (exact) mass is 413 g/mol. The molecule has 0 fully saturated rings. The Morgan fingerprint density at radius 3 is 2.58 bits per heavy atom. The molecule has 1 atom stereocenters. The number of benzene rings is 2. The van der Waals surface area contributed by atoms with Gasteiger partial charge in [0.1, 0.15) is 18.2 Å². The quantitative estimate of drug-likeness (QED) is 0.612. The summed E-state index contributed by atoms with van der Waals surface area (Å²) in [6, 6.07) is 17.1. The van der Waals surface area contributed by atoms with Crippen LogP contribution in [0.1, 0.15) is 36.3 Å². The number of nitrogens with zero attached hydrogens (tertiary/aromatic N) is 1. The van der Waals surface area contributed by atoms with Crippen molar-refractivity contribution in [2.75, 3.05) is 11.9 Å². The van der Waals surface area contributed by atoms with Crippen molar-refractivity contribution < 1.29 is 9.53 Å². The van der Waals surface area contributed by atoms with Gasteiger partial charge >= 0.3 is 0 Å². The number of hydrogen-bond acceptors (Lipinski definition) is 4. The second kappa shape index (κ2) is 7.80. The van der Waals surface area contributed by atoms with Gasteiger partial charge in [-0.25, -0.2) is 4.68 Å². The number of nitrogens with one attached hydrogen (secondary N) is 2. The largest absolute Gasteiger partial charge is 0.490 e. The summed E-state index contributed by atoms with van der Waals surface area (Å²) in [5.41, 5.74) is 3.66. The van der Waals surface area contributed by atoms with E-state index in [-0.39, 0.29) is 11.3 Å². The van der Waals surface area contributed by atoms with Crippen LogP contribution in [-0.4, -0.2) is 22.2 Å². The van der Waals surface area contributed by atoms with E-state index in [2.05, 4.69) is 17.0 Å². The SMILES string of the molecule is C=CCOc1ccc([C@H]2C3=C(CCCC3=O)Nc3[nH]n(-c4ccccc4)c(=O)c32)cc1. The fourth-order valence-corrected chi connectivity index (χ4v) is 4.44. The van der Waals surface area contributed by atoms with Crippen LogP contribution >= 0.6 is 0 Å². The van der Waals surface area contributed by atoms with E-state index in [1.165, 1.54) is 4.68 Å². The summed E-state index contributed by atoms with van der Waals surface area (Å²) in [6.45, 7) is 4.09. The van der Waals surface area contributed by atoms with Crippen LogP contribution in [0.3, 0.4) is 0 Å². The first-order valence-electron chi connectivity index (χ1n) is 10.4. The standard InChI is InChI=1S/C25H23N3O3/c1-2-15-31-18-13-11-16(12-14-18)21-22-19(9-6-10-20(22)29)26-24-23(21)25(30)28(27-24)17-7-4-3-5-8-17/h2-5,7-8,11-14,21,26-27H,1,6,9-10,15H2/t21-/m0/s1. The van der Waals surface area contributed by atoms with Gasteiger partial charge in [0.25, 0.3) is 5.56 Å². The molecule has 0 amide bonds. The van der Waals surface area contributed by atoms with Crippen LogP contribution in [0.5, 0.6) is 5.75 Å². The van der Waals surface area contributed by atoms with E-state index in [9.17, 15) is 9.59 Å². The molecule has 1 aromatic heterocycles. The molecule has 2 heterocycles. The molecule has 1 aliphatic heterocycles. The Labute approximate surface area is 179 Å². The number of carbonyl (C=O) groups is 1. The molecular weight excluding hydrogens is 390 g/mol. The maximum Gasteiger partial charge on any atom is 0.277 e. The van der Waals surface area contributed by atoms with Crippen molar-refractivity contribution in [1.29, 1.82) is 0 Å². The molecule has 0 spiro atoms. The Morgan fingerprint density at radius 2 is 1.84 bits per heavy atom. The van der Waals surface area contributed by atoms with Gasteiger partial charge in [0.05, 0.1) is 11.3 Å². The Balaban J connectivity index is 1.65. The minimum Gasteiger partial charge on any atom is -0.490 e. The number of aromatic nitrogens is 2. The van der Waals surface area contributed by atoms with Gasteiger partial charge in [-0.2, -0.15) is 0 Å². The molecule has 3 aromatic rings. The van der Waals surface area contributed by atoms with Crippen molar-refractivity contribution in [1.82, 2.24) is 9.78 Å². The average Bonchev–Trinajstić information content (AvgIpc) is 3.13. The fourth-order valence-electron chi connectivity index (χ4n) is 4.44. The number of allylic oxidation sites excluding steroid dienone is 2. The van der Waals surface area contributed by atoms with E-state index < -0.39 is 5.92 Å². The highest BCUT2D eigenvalue weighted by molar-refractivity contribution is 6.00. The molecule has 0 saturated heterocycles. The van der Waals surface area contributed by atoms with Gasteiger partial charge in [0.15, 0.2) is 5.78 Å². The van der Waals surface area contributed by atoms with Gasteiger partial charge in [-0.1, -0.05) is 43.0 Å². The number of ketones is 1. The predicted octanol–water partition coefficient (Wildman–Crippen LogP) is 4.29. The number of rotatable bonds is 5. The molecule has 0 bridgehead atoms. The number of fused-ring (bicyclic) bond motifs is 1. The van der Waals surface area contributed by atoms with Crippen LogP contribution in [0.25, 0.3) is 5.69 Å². The summed E-state index contributed by atoms with van der Waals surface area (Å²) in [6.07, 6.45) is 3.79. The van der Waals surface area contributed by atoms with E-state index in [1.807, 2.05) is 54.6 Å². The molecule has 2 aromatic carbocycles. The smallest absolute Gasteiger partial charge is 0.277 e. The van der Waals surface area contributed by atoms with Gasteiger partial charge in [0, 0.05) is 23.6 Å². The first-order chi connectivity index (χ1) is 15.2. The van der Waals surface area contributed by atoms with Crippen molar-refractivity contribution in [3.8, 4) is 11.4 Å². The number of ether oxygens (including phenoxy) is 1. The first-order valence-corrected chi connectivity index (χ1v) is 10.4. The first kappa shape index (κ1) is 19.2. The highest BCUT2D eigenvalue weighted by atomic mass is 16.5. The number of hydrogen-bond donors (Lipinski definition) is 2. The molecule has 6 nitrogen and oxygen atoms in total.